The van der Waals surface area contributed by atoms with Gasteiger partial charge in [-0.2, -0.15) is 0 Å². The van der Waals surface area contributed by atoms with Crippen LogP contribution in [0.4, 0.5) is 0 Å². The number of amides is 1. The smallest absolute Gasteiger partial charge is 0.229 e. The average Bonchev–Trinajstić information content (AvgIpc) is 2.94. The SMILES string of the molecule is CC(C)N1CCOc2ccccc2CCCCC2(CCN(C3CCN(Cc4ccccc4)CC3)CC2)C1=O. The first-order valence-electron chi connectivity index (χ1n) is 15.1. The van der Waals surface area contributed by atoms with Crippen molar-refractivity contribution in [2.75, 3.05) is 39.3 Å². The van der Waals surface area contributed by atoms with Crippen LogP contribution in [-0.2, 0) is 17.8 Å². The molecule has 0 saturated carbocycles. The molecule has 2 fully saturated rings. The van der Waals surface area contributed by atoms with Crippen molar-refractivity contribution in [3.8, 4) is 5.75 Å². The molecule has 3 aliphatic heterocycles. The number of likely N-dealkylation sites (tertiary alicyclic amines) is 2. The Kier molecular flexibility index (Phi) is 9.06. The van der Waals surface area contributed by atoms with Crippen molar-refractivity contribution < 1.29 is 9.53 Å². The zero-order chi connectivity index (χ0) is 26.4. The van der Waals surface area contributed by atoms with Crippen LogP contribution in [0.3, 0.4) is 0 Å². The Hall–Kier alpha value is -2.37. The number of benzene rings is 2. The van der Waals surface area contributed by atoms with Crippen molar-refractivity contribution in [2.45, 2.75) is 83.8 Å². The molecule has 0 aromatic heterocycles. The van der Waals surface area contributed by atoms with E-state index in [1.54, 1.807) is 0 Å². The fourth-order valence-electron chi connectivity index (χ4n) is 6.96. The van der Waals surface area contributed by atoms with Gasteiger partial charge in [0.1, 0.15) is 12.4 Å². The van der Waals surface area contributed by atoms with Crippen molar-refractivity contribution in [3.63, 3.8) is 0 Å². The van der Waals surface area contributed by atoms with E-state index in [2.05, 4.69) is 77.1 Å². The number of piperidine rings is 2. The first kappa shape index (κ1) is 27.2. The third-order valence-corrected chi connectivity index (χ3v) is 9.33. The Morgan fingerprint density at radius 2 is 1.58 bits per heavy atom. The zero-order valence-electron chi connectivity index (χ0n) is 23.6. The molecule has 5 nitrogen and oxygen atoms in total. The zero-order valence-corrected chi connectivity index (χ0v) is 23.6. The molecule has 1 amide bonds. The molecule has 0 unspecified atom stereocenters. The quantitative estimate of drug-likeness (QED) is 0.515. The molecule has 2 aromatic carbocycles. The third kappa shape index (κ3) is 6.43. The van der Waals surface area contributed by atoms with E-state index in [1.165, 1.54) is 37.1 Å². The molecule has 5 heteroatoms. The van der Waals surface area contributed by atoms with Gasteiger partial charge in [0.15, 0.2) is 0 Å². The molecule has 0 N–H and O–H groups in total. The van der Waals surface area contributed by atoms with Crippen LogP contribution in [0.2, 0.25) is 0 Å². The lowest BCUT2D eigenvalue weighted by molar-refractivity contribution is -0.149. The monoisotopic (exact) mass is 517 g/mol. The minimum Gasteiger partial charge on any atom is -0.491 e. The molecule has 38 heavy (non-hydrogen) atoms. The molecule has 206 valence electrons. The van der Waals surface area contributed by atoms with Gasteiger partial charge in [-0.15, -0.1) is 0 Å². The van der Waals surface area contributed by atoms with Crippen LogP contribution in [0.1, 0.15) is 69.9 Å². The molecule has 5 rings (SSSR count). The maximum absolute atomic E-state index is 14.2. The minimum absolute atomic E-state index is 0.188. The van der Waals surface area contributed by atoms with E-state index in [4.69, 9.17) is 4.74 Å². The highest BCUT2D eigenvalue weighted by atomic mass is 16.5. The second-order valence-electron chi connectivity index (χ2n) is 12.1. The Morgan fingerprint density at radius 1 is 0.868 bits per heavy atom. The highest BCUT2D eigenvalue weighted by molar-refractivity contribution is 5.83. The highest BCUT2D eigenvalue weighted by Crippen LogP contribution is 2.41. The van der Waals surface area contributed by atoms with Gasteiger partial charge < -0.3 is 14.5 Å². The lowest BCUT2D eigenvalue weighted by atomic mass is 9.72. The largest absolute Gasteiger partial charge is 0.491 e. The molecular formula is C33H47N3O2. The summed E-state index contributed by atoms with van der Waals surface area (Å²) in [6, 6.07) is 20.1. The maximum atomic E-state index is 14.2. The number of para-hydroxylation sites is 1. The van der Waals surface area contributed by atoms with Gasteiger partial charge in [0.2, 0.25) is 5.91 Å². The van der Waals surface area contributed by atoms with E-state index in [0.717, 1.165) is 63.9 Å². The van der Waals surface area contributed by atoms with E-state index in [0.29, 0.717) is 25.1 Å². The normalized spacial score (nSPS) is 22.5. The summed E-state index contributed by atoms with van der Waals surface area (Å²) in [7, 11) is 0. The predicted molar refractivity (Wildman–Crippen MR) is 154 cm³/mol. The second-order valence-corrected chi connectivity index (χ2v) is 12.1. The lowest BCUT2D eigenvalue weighted by Gasteiger charge is -2.47. The Morgan fingerprint density at radius 3 is 2.32 bits per heavy atom. The molecule has 0 atom stereocenters. The van der Waals surface area contributed by atoms with Gasteiger partial charge in [-0.3, -0.25) is 9.69 Å². The fourth-order valence-corrected chi connectivity index (χ4v) is 6.96. The van der Waals surface area contributed by atoms with Crippen molar-refractivity contribution in [2.24, 2.45) is 5.41 Å². The third-order valence-electron chi connectivity index (χ3n) is 9.33. The summed E-state index contributed by atoms with van der Waals surface area (Å²) in [5, 5.41) is 0. The minimum atomic E-state index is -0.215. The van der Waals surface area contributed by atoms with E-state index in [9.17, 15) is 4.79 Å². The number of rotatable bonds is 4. The summed E-state index contributed by atoms with van der Waals surface area (Å²) >= 11 is 0. The van der Waals surface area contributed by atoms with Crippen molar-refractivity contribution in [3.05, 3.63) is 65.7 Å². The Labute approximate surface area is 230 Å². The van der Waals surface area contributed by atoms with E-state index in [-0.39, 0.29) is 11.5 Å². The maximum Gasteiger partial charge on any atom is 0.229 e. The summed E-state index contributed by atoms with van der Waals surface area (Å²) in [5.41, 5.74) is 2.50. The van der Waals surface area contributed by atoms with Crippen LogP contribution in [0.25, 0.3) is 0 Å². The van der Waals surface area contributed by atoms with Gasteiger partial charge in [0.05, 0.1) is 12.0 Å². The van der Waals surface area contributed by atoms with Gasteiger partial charge in [-0.05, 0) is 102 Å². The van der Waals surface area contributed by atoms with Gasteiger partial charge in [0, 0.05) is 18.6 Å². The fraction of sp³-hybridized carbons (Fsp3) is 0.606. The van der Waals surface area contributed by atoms with Gasteiger partial charge >= 0.3 is 0 Å². The molecule has 3 heterocycles. The molecule has 2 saturated heterocycles. The van der Waals surface area contributed by atoms with Crippen LogP contribution in [-0.4, -0.2) is 72.0 Å². The summed E-state index contributed by atoms with van der Waals surface area (Å²) in [5.74, 6) is 1.37. The van der Waals surface area contributed by atoms with Gasteiger partial charge in [0.25, 0.3) is 0 Å². The number of carbonyl (C=O) groups is 1. The van der Waals surface area contributed by atoms with Crippen molar-refractivity contribution >= 4 is 5.91 Å². The van der Waals surface area contributed by atoms with Gasteiger partial charge in [-0.25, -0.2) is 0 Å². The topological polar surface area (TPSA) is 36.0 Å². The van der Waals surface area contributed by atoms with Gasteiger partial charge in [-0.1, -0.05) is 55.0 Å². The summed E-state index contributed by atoms with van der Waals surface area (Å²) in [4.78, 5) is 21.6. The average molecular weight is 518 g/mol. The molecule has 2 aromatic rings. The standard InChI is InChI=1S/C33H47N3O2/c1-27(2)36-24-25-38-31-14-7-6-12-29(31)13-8-9-17-33(32(36)37)18-22-35(23-19-33)30-15-20-34(21-16-30)26-28-10-4-3-5-11-28/h3-7,10-12,14,27,30H,8-9,13,15-26H2,1-2H3. The number of hydrogen-bond acceptors (Lipinski definition) is 4. The van der Waals surface area contributed by atoms with Crippen molar-refractivity contribution in [1.29, 1.82) is 0 Å². The first-order valence-corrected chi connectivity index (χ1v) is 15.1. The molecule has 0 bridgehead atoms. The number of nitrogens with zero attached hydrogens (tertiary/aromatic N) is 3. The van der Waals surface area contributed by atoms with E-state index >= 15 is 0 Å². The molecule has 1 spiro atoms. The van der Waals surface area contributed by atoms with E-state index in [1.807, 2.05) is 6.07 Å². The second kappa shape index (κ2) is 12.7. The number of aryl methyl sites for hydroxylation is 1. The summed E-state index contributed by atoms with van der Waals surface area (Å²) in [6.07, 6.45) is 8.73. The van der Waals surface area contributed by atoms with Crippen LogP contribution in [0, 0.1) is 5.41 Å². The highest BCUT2D eigenvalue weighted by Gasteiger charge is 2.44. The Balaban J connectivity index is 1.20. The molecule has 0 radical (unpaired) electrons. The van der Waals surface area contributed by atoms with Crippen LogP contribution < -0.4 is 4.74 Å². The Bertz CT molecular complexity index is 1020. The molecule has 3 aliphatic rings. The number of carbonyl (C=O) groups excluding carboxylic acids is 1. The number of ether oxygens (including phenoxy) is 1. The van der Waals surface area contributed by atoms with Crippen LogP contribution in [0.15, 0.2) is 54.6 Å². The van der Waals surface area contributed by atoms with Crippen molar-refractivity contribution in [1.82, 2.24) is 14.7 Å². The first-order chi connectivity index (χ1) is 18.5. The predicted octanol–water partition coefficient (Wildman–Crippen LogP) is 5.78. The number of fused-ring (bicyclic) bond motifs is 1. The summed E-state index contributed by atoms with van der Waals surface area (Å²) < 4.78 is 6.20. The molecular weight excluding hydrogens is 470 g/mol. The lowest BCUT2D eigenvalue weighted by Crippen LogP contribution is -2.55. The summed E-state index contributed by atoms with van der Waals surface area (Å²) in [6.45, 7) is 11.0. The van der Waals surface area contributed by atoms with Crippen LogP contribution >= 0.6 is 0 Å². The molecule has 0 aliphatic carbocycles. The number of hydrogen-bond donors (Lipinski definition) is 0. The van der Waals surface area contributed by atoms with E-state index < -0.39 is 0 Å². The van der Waals surface area contributed by atoms with Crippen LogP contribution in [0.5, 0.6) is 5.75 Å².